The average Bonchev–Trinajstić information content (AvgIpc) is 3.28. The van der Waals surface area contributed by atoms with Crippen LogP contribution in [0.3, 0.4) is 0 Å². The third-order valence-electron chi connectivity index (χ3n) is 13.8. The van der Waals surface area contributed by atoms with Gasteiger partial charge in [0.1, 0.15) is 47.5 Å². The van der Waals surface area contributed by atoms with E-state index in [4.69, 9.17) is 45.2 Å². The molecule has 3 fully saturated rings. The van der Waals surface area contributed by atoms with Gasteiger partial charge in [0.2, 0.25) is 17.7 Å². The molecule has 38 heteroatoms. The molecule has 0 spiro atoms. The van der Waals surface area contributed by atoms with Crippen LogP contribution in [-0.4, -0.2) is 181 Å². The Labute approximate surface area is 501 Å². The Kier molecular flexibility index (Phi) is 26.5. The first-order valence-corrected chi connectivity index (χ1v) is 31.5. The Morgan fingerprint density at radius 2 is 1.79 bits per heavy atom. The predicted octanol–water partition coefficient (Wildman–Crippen LogP) is 0.880. The molecule has 3 saturated heterocycles. The number of primary amides is 1. The molecule has 0 saturated carbocycles. The molecule has 0 aliphatic carbocycles. The number of aliphatic hydroxyl groups is 2. The van der Waals surface area contributed by atoms with Crippen molar-refractivity contribution in [1.82, 2.24) is 40.4 Å². The Hall–Kier alpha value is -6.40. The Balaban J connectivity index is 0.859. The monoisotopic (exact) mass is 1280 g/mol. The summed E-state index contributed by atoms with van der Waals surface area (Å²) >= 11 is 1.33. The molecular weight excluding hydrogens is 1210 g/mol. The molecule has 476 valence electrons. The maximum atomic E-state index is 13.1. The summed E-state index contributed by atoms with van der Waals surface area (Å²) in [6.45, 7) is 2.72. The molecular formula is C49H71N16O19P2S+. The number of anilines is 1. The van der Waals surface area contributed by atoms with Crippen LogP contribution in [0, 0.1) is 10.1 Å². The zero-order chi connectivity index (χ0) is 62.5. The number of phosphoric ester groups is 1. The average molecular weight is 1280 g/mol. The number of nitrogen functional groups attached to an aromatic ring is 1. The molecule has 87 heavy (non-hydrogen) atoms. The summed E-state index contributed by atoms with van der Waals surface area (Å²) < 4.78 is 71.4. The smallest absolute Gasteiger partial charge is 0.494 e. The first kappa shape index (κ1) is 68.1. The zero-order valence-electron chi connectivity index (χ0n) is 47.0. The highest BCUT2D eigenvalue weighted by Crippen LogP contribution is 2.48. The van der Waals surface area contributed by atoms with E-state index in [1.54, 1.807) is 0 Å². The lowest BCUT2D eigenvalue weighted by Gasteiger charge is -2.19. The number of carbonyl (C=O) groups excluding carboxylic acids is 4. The highest BCUT2D eigenvalue weighted by molar-refractivity contribution is 8.00. The number of imide groups is 1. The zero-order valence-corrected chi connectivity index (χ0v) is 49.7. The van der Waals surface area contributed by atoms with Gasteiger partial charge < -0.3 is 71.7 Å². The van der Waals surface area contributed by atoms with Crippen LogP contribution >= 0.6 is 27.8 Å². The van der Waals surface area contributed by atoms with E-state index in [0.717, 1.165) is 63.1 Å². The number of hydrogen-bond acceptors (Lipinski definition) is 27. The van der Waals surface area contributed by atoms with Crippen molar-refractivity contribution in [2.24, 2.45) is 16.6 Å². The maximum absolute atomic E-state index is 13.1. The van der Waals surface area contributed by atoms with Crippen molar-refractivity contribution >= 4 is 74.1 Å². The predicted molar refractivity (Wildman–Crippen MR) is 305 cm³/mol. The number of phosphoric acid groups is 1. The van der Waals surface area contributed by atoms with Crippen LogP contribution in [-0.2, 0) is 62.7 Å². The van der Waals surface area contributed by atoms with E-state index in [-0.39, 0.29) is 83.3 Å². The van der Waals surface area contributed by atoms with Crippen molar-refractivity contribution in [3.05, 3.63) is 87.1 Å². The maximum Gasteiger partial charge on any atom is 0.499 e. The van der Waals surface area contributed by atoms with Crippen LogP contribution < -0.4 is 42.5 Å². The third-order valence-corrected chi connectivity index (χ3v) is 16.6. The minimum absolute atomic E-state index is 0.00397. The number of fused-ring (bicyclic) bond motifs is 1. The summed E-state index contributed by atoms with van der Waals surface area (Å²) in [6.07, 6.45) is 0.0842. The molecule has 1 aromatic carbocycles. The van der Waals surface area contributed by atoms with Gasteiger partial charge in [0.05, 0.1) is 54.6 Å². The fourth-order valence-electron chi connectivity index (χ4n) is 9.36. The van der Waals surface area contributed by atoms with Crippen molar-refractivity contribution < 1.29 is 90.2 Å². The van der Waals surface area contributed by atoms with E-state index in [0.29, 0.717) is 31.7 Å². The van der Waals surface area contributed by atoms with Gasteiger partial charge in [-0.15, -0.1) is 21.1 Å². The van der Waals surface area contributed by atoms with Crippen molar-refractivity contribution in [3.63, 3.8) is 0 Å². The lowest BCUT2D eigenvalue weighted by Crippen LogP contribution is -2.47. The number of thioether (sulfide) groups is 1. The minimum atomic E-state index is -5.26. The molecule has 0 radical (unpaired) electrons. The number of aliphatic hydroxyl groups excluding tert-OH is 2. The van der Waals surface area contributed by atoms with Crippen LogP contribution in [0.5, 0.6) is 5.75 Å². The highest BCUT2D eigenvalue weighted by atomic mass is 32.2. The molecule has 0 bridgehead atoms. The van der Waals surface area contributed by atoms with E-state index in [1.165, 1.54) is 69.9 Å². The van der Waals surface area contributed by atoms with E-state index in [9.17, 15) is 59.1 Å². The second-order valence-electron chi connectivity index (χ2n) is 19.9. The summed E-state index contributed by atoms with van der Waals surface area (Å²) in [7, 11) is -9.14. The summed E-state index contributed by atoms with van der Waals surface area (Å²) in [6, 6.07) is 5.49. The van der Waals surface area contributed by atoms with E-state index in [2.05, 4.69) is 50.3 Å². The van der Waals surface area contributed by atoms with Gasteiger partial charge in [-0.3, -0.25) is 47.8 Å². The molecule has 6 heterocycles. The lowest BCUT2D eigenvalue weighted by molar-refractivity contribution is -0.766. The van der Waals surface area contributed by atoms with Gasteiger partial charge in [-0.1, -0.05) is 5.11 Å². The van der Waals surface area contributed by atoms with Gasteiger partial charge in [-0.05, 0) is 101 Å². The molecule has 12 N–H and O–H groups in total. The number of benzene rings is 1. The minimum Gasteiger partial charge on any atom is -0.494 e. The quantitative estimate of drug-likeness (QED) is 0.00286. The van der Waals surface area contributed by atoms with Gasteiger partial charge in [0, 0.05) is 43.0 Å². The molecule has 3 unspecified atom stereocenters. The normalized spacial score (nSPS) is 23.0. The largest absolute Gasteiger partial charge is 0.499 e. The molecule has 7 rings (SSSR count). The number of ether oxygens (including phenoxy) is 4. The van der Waals surface area contributed by atoms with E-state index in [1.807, 2.05) is 0 Å². The Morgan fingerprint density at radius 3 is 2.54 bits per heavy atom. The number of amides is 4. The lowest BCUT2D eigenvalue weighted by atomic mass is 10.1. The second-order valence-corrected chi connectivity index (χ2v) is 23.5. The summed E-state index contributed by atoms with van der Waals surface area (Å²) in [5.41, 5.74) is 26.6. The number of pyridine rings is 1. The molecule has 4 aromatic rings. The topological polar surface area (TPSA) is 494 Å². The van der Waals surface area contributed by atoms with Gasteiger partial charge in [-0.25, -0.2) is 19.5 Å². The van der Waals surface area contributed by atoms with Crippen molar-refractivity contribution in [2.45, 2.75) is 112 Å². The third kappa shape index (κ3) is 19.5. The van der Waals surface area contributed by atoms with Crippen molar-refractivity contribution in [3.8, 4) is 5.75 Å². The van der Waals surface area contributed by atoms with Gasteiger partial charge in [0.15, 0.2) is 36.2 Å². The van der Waals surface area contributed by atoms with Gasteiger partial charge >= 0.3 is 16.1 Å². The first-order valence-electron chi connectivity index (χ1n) is 27.7. The number of likely N-dealkylation sites (tertiary alicyclic amines) is 1. The highest BCUT2D eigenvalue weighted by Gasteiger charge is 2.51. The number of imidazole rings is 1. The molecule has 3 aromatic heterocycles. The SMILES string of the molecule is [N-]=[N+]=N[C@H]1[C@@H](OCc2cc(OCCCCSC3CC(=O)N(CCC(=O)NCCCNCCCCNCCCN)C3=O)ccc2[N+](=O)[O-])[C@H]([n+]2cccc(C(N)=O)c2)O[C@@H]1CO[PH](=O)OOP(=O)(O)OC[C@H]1O[C@@H](n2cnc3c(N)ncnc32)[C@H](O)[C@@H]1O. The van der Waals surface area contributed by atoms with Crippen LogP contribution in [0.15, 0.2) is 60.5 Å². The number of unbranched alkanes of at least 4 members (excludes halogenated alkanes) is 2. The number of nitrogens with one attached hydrogen (secondary N) is 3. The fraction of sp³-hybridized carbons (Fsp3) is 0.592. The number of nitro benzene ring substituents is 1. The number of nitrogens with zero attached hydrogens (tertiary/aromatic N) is 10. The second kappa shape index (κ2) is 33.8. The van der Waals surface area contributed by atoms with Crippen molar-refractivity contribution in [1.29, 1.82) is 0 Å². The molecule has 35 nitrogen and oxygen atoms in total. The van der Waals surface area contributed by atoms with Gasteiger partial charge in [-0.2, -0.15) is 4.57 Å². The summed E-state index contributed by atoms with van der Waals surface area (Å²) in [5, 5.41) is 46.4. The van der Waals surface area contributed by atoms with Crippen molar-refractivity contribution in [2.75, 3.05) is 77.1 Å². The fourth-order valence-corrected chi connectivity index (χ4v) is 11.9. The first-order chi connectivity index (χ1) is 41.9. The molecule has 4 amide bonds. The Bertz CT molecular complexity index is 3120. The molecule has 3 aliphatic rings. The summed E-state index contributed by atoms with van der Waals surface area (Å²) in [4.78, 5) is 88.5. The van der Waals surface area contributed by atoms with Crippen LogP contribution in [0.4, 0.5) is 11.5 Å². The Morgan fingerprint density at radius 1 is 1.02 bits per heavy atom. The van der Waals surface area contributed by atoms with Crippen LogP contribution in [0.25, 0.3) is 21.6 Å². The summed E-state index contributed by atoms with van der Waals surface area (Å²) in [5.74, 6) is -0.956. The number of carbonyl (C=O) groups is 4. The number of azide groups is 1. The number of aromatic nitrogens is 5. The number of hydrogen-bond donors (Lipinski definition) is 9. The van der Waals surface area contributed by atoms with Gasteiger partial charge in [0.25, 0.3) is 17.8 Å². The number of rotatable bonds is 39. The molecule has 3 aliphatic heterocycles. The number of nitrogens with two attached hydrogens (primary N) is 3. The van der Waals surface area contributed by atoms with Crippen LogP contribution in [0.2, 0.25) is 0 Å². The van der Waals surface area contributed by atoms with E-state index < -0.39 is 101 Å². The van der Waals surface area contributed by atoms with E-state index >= 15 is 0 Å². The number of nitro groups is 1. The standard InChI is InChI=1S/C49H70N16O19P2S/c50-12-6-15-54-13-1-2-14-55-16-7-17-56-37(66)11-19-63-38(67)23-36(47(63)71)87-21-4-3-20-77-32-9-10-33(65(72)73)31(22-32)25-78-43-39(60-61-53)34(81-49(43)62-18-5-8-30(24-62)45(52)70)26-79-85(74)83-84-86(75,76)80-27-35-41(68)42(69)48(82-35)64-29-59-40-44(51)57-28-58-46(40)64/h5,8-10,18,22,24,28-29,34-36,39,41-43,48-49,54-55,68-69,85H,1-4,6-7,11-17,19-21,23,25-27,50H2,(H5-,51,52,56,57,58,66,70,75,76)/p+1/t34-,35-,36?,39-,41-,42-,43-,48-,49-/m1/s1. The molecule has 11 atom stereocenters. The van der Waals surface area contributed by atoms with Crippen LogP contribution in [0.1, 0.15) is 79.7 Å².